The van der Waals surface area contributed by atoms with Crippen molar-refractivity contribution in [1.82, 2.24) is 4.90 Å². The summed E-state index contributed by atoms with van der Waals surface area (Å²) in [6.45, 7) is 0.699. The number of amides is 3. The minimum Gasteiger partial charge on any atom is -0.467 e. The fourth-order valence-electron chi connectivity index (χ4n) is 2.90. The van der Waals surface area contributed by atoms with Crippen LogP contribution >= 0.6 is 0 Å². The molecule has 1 atom stereocenters. The number of ether oxygens (including phenoxy) is 1. The van der Waals surface area contributed by atoms with E-state index in [0.717, 1.165) is 0 Å². The molecule has 3 rings (SSSR count). The molecule has 1 aliphatic rings. The topological polar surface area (TPSA) is 101 Å². The van der Waals surface area contributed by atoms with Gasteiger partial charge in [-0.15, -0.1) is 0 Å². The van der Waals surface area contributed by atoms with Gasteiger partial charge in [-0.05, 0) is 36.4 Å². The third-order valence-electron chi connectivity index (χ3n) is 4.22. The first-order valence-corrected chi connectivity index (χ1v) is 8.55. The van der Waals surface area contributed by atoms with E-state index in [-0.39, 0.29) is 30.7 Å². The molecule has 1 aromatic carbocycles. The van der Waals surface area contributed by atoms with Gasteiger partial charge in [-0.25, -0.2) is 0 Å². The van der Waals surface area contributed by atoms with Crippen LogP contribution in [0.2, 0.25) is 0 Å². The fraction of sp³-hybridized carbons (Fsp3) is 0.316. The maximum absolute atomic E-state index is 12.5. The number of nitrogens with zero attached hydrogens (tertiary/aromatic N) is 1. The molecule has 1 saturated heterocycles. The Bertz CT molecular complexity index is 801. The van der Waals surface area contributed by atoms with Crippen molar-refractivity contribution in [3.05, 3.63) is 48.4 Å². The van der Waals surface area contributed by atoms with Crippen molar-refractivity contribution in [1.29, 1.82) is 0 Å². The molecular weight excluding hydrogens is 350 g/mol. The Hall–Kier alpha value is -3.13. The maximum atomic E-state index is 12.5. The number of hydrogen-bond acceptors (Lipinski definition) is 5. The third-order valence-corrected chi connectivity index (χ3v) is 4.22. The van der Waals surface area contributed by atoms with E-state index in [0.29, 0.717) is 30.2 Å². The second-order valence-electron chi connectivity index (χ2n) is 6.30. The highest BCUT2D eigenvalue weighted by Gasteiger charge is 2.34. The molecule has 1 aliphatic heterocycles. The van der Waals surface area contributed by atoms with Crippen LogP contribution in [0.25, 0.3) is 0 Å². The Balaban J connectivity index is 1.53. The smallest absolute Gasteiger partial charge is 0.250 e. The van der Waals surface area contributed by atoms with Gasteiger partial charge in [-0.2, -0.15) is 0 Å². The number of furan rings is 1. The second kappa shape index (κ2) is 8.50. The predicted molar refractivity (Wildman–Crippen MR) is 97.8 cm³/mol. The summed E-state index contributed by atoms with van der Waals surface area (Å²) in [5.41, 5.74) is 1.21. The van der Waals surface area contributed by atoms with E-state index in [9.17, 15) is 14.4 Å². The number of carbonyl (C=O) groups is 3. The number of hydrogen-bond donors (Lipinski definition) is 2. The van der Waals surface area contributed by atoms with Gasteiger partial charge in [0.05, 0.1) is 18.7 Å². The Morgan fingerprint density at radius 1 is 1.19 bits per heavy atom. The molecule has 0 unspecified atom stereocenters. The monoisotopic (exact) mass is 371 g/mol. The van der Waals surface area contributed by atoms with Crippen molar-refractivity contribution in [2.24, 2.45) is 5.92 Å². The molecule has 2 aromatic rings. The first-order valence-electron chi connectivity index (χ1n) is 8.55. The Morgan fingerprint density at radius 2 is 1.89 bits per heavy atom. The van der Waals surface area contributed by atoms with Gasteiger partial charge in [-0.3, -0.25) is 14.4 Å². The molecule has 0 radical (unpaired) electrons. The molecule has 1 aromatic heterocycles. The summed E-state index contributed by atoms with van der Waals surface area (Å²) in [6, 6.07) is 10.3. The Kier molecular flexibility index (Phi) is 5.87. The largest absolute Gasteiger partial charge is 0.467 e. The normalized spacial score (nSPS) is 16.4. The van der Waals surface area contributed by atoms with Gasteiger partial charge in [-0.1, -0.05) is 0 Å². The lowest BCUT2D eigenvalue weighted by molar-refractivity contribution is -0.128. The van der Waals surface area contributed by atoms with Crippen LogP contribution in [0.15, 0.2) is 47.1 Å². The molecule has 27 heavy (non-hydrogen) atoms. The molecule has 8 nitrogen and oxygen atoms in total. The van der Waals surface area contributed by atoms with Crippen LogP contribution in [0.5, 0.6) is 0 Å². The number of carbonyl (C=O) groups excluding carboxylic acids is 3. The molecule has 3 amide bonds. The van der Waals surface area contributed by atoms with Crippen LogP contribution in [0.4, 0.5) is 11.4 Å². The average molecular weight is 371 g/mol. The van der Waals surface area contributed by atoms with Crippen LogP contribution < -0.4 is 10.6 Å². The van der Waals surface area contributed by atoms with Crippen molar-refractivity contribution in [2.45, 2.75) is 13.0 Å². The molecule has 2 N–H and O–H groups in total. The van der Waals surface area contributed by atoms with Gasteiger partial charge in [0.2, 0.25) is 17.7 Å². The van der Waals surface area contributed by atoms with Gasteiger partial charge in [0.1, 0.15) is 12.4 Å². The first-order chi connectivity index (χ1) is 13.0. The second-order valence-corrected chi connectivity index (χ2v) is 6.30. The summed E-state index contributed by atoms with van der Waals surface area (Å²) in [4.78, 5) is 37.7. The molecule has 0 bridgehead atoms. The summed E-state index contributed by atoms with van der Waals surface area (Å²) in [5, 5.41) is 5.49. The summed E-state index contributed by atoms with van der Waals surface area (Å²) >= 11 is 0. The maximum Gasteiger partial charge on any atom is 0.250 e. The van der Waals surface area contributed by atoms with Gasteiger partial charge in [0, 0.05) is 31.5 Å². The molecular formula is C19H21N3O5. The van der Waals surface area contributed by atoms with Gasteiger partial charge in [0.25, 0.3) is 0 Å². The van der Waals surface area contributed by atoms with E-state index in [4.69, 9.17) is 9.15 Å². The highest BCUT2D eigenvalue weighted by atomic mass is 16.5. The summed E-state index contributed by atoms with van der Waals surface area (Å²) in [7, 11) is 1.45. The molecule has 0 spiro atoms. The average Bonchev–Trinajstić information content (AvgIpc) is 3.27. The lowest BCUT2D eigenvalue weighted by atomic mass is 10.1. The van der Waals surface area contributed by atoms with Gasteiger partial charge in [0.15, 0.2) is 0 Å². The van der Waals surface area contributed by atoms with Gasteiger partial charge >= 0.3 is 0 Å². The third kappa shape index (κ3) is 4.95. The van der Waals surface area contributed by atoms with E-state index in [2.05, 4.69) is 10.6 Å². The van der Waals surface area contributed by atoms with Crippen LogP contribution in [0.3, 0.4) is 0 Å². The highest BCUT2D eigenvalue weighted by Crippen LogP contribution is 2.22. The van der Waals surface area contributed by atoms with Crippen LogP contribution in [-0.4, -0.2) is 42.9 Å². The van der Waals surface area contributed by atoms with Crippen LogP contribution in [-0.2, 0) is 25.7 Å². The number of anilines is 2. The first kappa shape index (κ1) is 18.7. The van der Waals surface area contributed by atoms with E-state index >= 15 is 0 Å². The quantitative estimate of drug-likeness (QED) is 0.774. The van der Waals surface area contributed by atoms with Crippen molar-refractivity contribution < 1.29 is 23.5 Å². The number of nitrogens with one attached hydrogen (secondary N) is 2. The summed E-state index contributed by atoms with van der Waals surface area (Å²) in [6.07, 6.45) is 1.74. The summed E-state index contributed by atoms with van der Waals surface area (Å²) in [5.74, 6) is -0.247. The molecule has 2 heterocycles. The highest BCUT2D eigenvalue weighted by molar-refractivity contribution is 5.97. The predicted octanol–water partition coefficient (Wildman–Crippen LogP) is 1.85. The molecule has 1 fully saturated rings. The Morgan fingerprint density at radius 3 is 2.52 bits per heavy atom. The minimum atomic E-state index is -0.409. The van der Waals surface area contributed by atoms with Crippen LogP contribution in [0.1, 0.15) is 12.2 Å². The number of rotatable bonds is 7. The standard InChI is InChI=1S/C19H21N3O5/c1-26-12-17(23)20-14-4-6-15(7-5-14)21-19(25)13-9-18(24)22(10-13)11-16-3-2-8-27-16/h2-8,13H,9-12H2,1H3,(H,20,23)(H,21,25)/t13-/m1/s1. The fourth-order valence-corrected chi connectivity index (χ4v) is 2.90. The summed E-state index contributed by atoms with van der Waals surface area (Å²) < 4.78 is 10.0. The number of methoxy groups -OCH3 is 1. The molecule has 0 saturated carbocycles. The van der Waals surface area contributed by atoms with Crippen LogP contribution in [0, 0.1) is 5.92 Å². The number of benzene rings is 1. The SMILES string of the molecule is COCC(=O)Nc1ccc(NC(=O)[C@@H]2CC(=O)N(Cc3ccco3)C2)cc1. The molecule has 0 aliphatic carbocycles. The molecule has 142 valence electrons. The van der Waals surface area contributed by atoms with E-state index < -0.39 is 5.92 Å². The zero-order valence-electron chi connectivity index (χ0n) is 14.9. The number of likely N-dealkylation sites (tertiary alicyclic amines) is 1. The lowest BCUT2D eigenvalue weighted by Crippen LogP contribution is -2.27. The molecule has 8 heteroatoms. The van der Waals surface area contributed by atoms with Crippen molar-refractivity contribution in [3.63, 3.8) is 0 Å². The van der Waals surface area contributed by atoms with E-state index in [1.807, 2.05) is 0 Å². The lowest BCUT2D eigenvalue weighted by Gasteiger charge is -2.15. The van der Waals surface area contributed by atoms with Gasteiger partial charge < -0.3 is 24.7 Å². The zero-order valence-corrected chi connectivity index (χ0v) is 14.9. The van der Waals surface area contributed by atoms with E-state index in [1.165, 1.54) is 7.11 Å². The minimum absolute atomic E-state index is 0.0251. The van der Waals surface area contributed by atoms with Crippen molar-refractivity contribution >= 4 is 29.1 Å². The van der Waals surface area contributed by atoms with E-state index in [1.54, 1.807) is 47.6 Å². The van der Waals surface area contributed by atoms with Crippen molar-refractivity contribution in [2.75, 3.05) is 30.9 Å². The zero-order chi connectivity index (χ0) is 19.2. The van der Waals surface area contributed by atoms with Crippen molar-refractivity contribution in [3.8, 4) is 0 Å². The Labute approximate surface area is 156 Å².